The number of amides is 1. The molecule has 6 nitrogen and oxygen atoms in total. The van der Waals surface area contributed by atoms with Crippen LogP contribution in [-0.2, 0) is 4.79 Å². The number of nitrogens with one attached hydrogen (secondary N) is 1. The summed E-state index contributed by atoms with van der Waals surface area (Å²) in [5, 5.41) is 43.6. The zero-order chi connectivity index (χ0) is 39.6. The first-order valence-electron chi connectivity index (χ1n) is 23.7. The number of carbonyl (C=O) groups is 1. The first kappa shape index (κ1) is 52.8. The molecule has 0 aliphatic heterocycles. The van der Waals surface area contributed by atoms with E-state index in [2.05, 4.69) is 43.5 Å². The molecule has 5 N–H and O–H groups in total. The molecule has 1 amide bonds. The Morgan fingerprint density at radius 1 is 0.444 bits per heavy atom. The molecular weight excluding hydrogens is 671 g/mol. The summed E-state index contributed by atoms with van der Waals surface area (Å²) in [5.41, 5.74) is 0. The molecule has 0 spiro atoms. The van der Waals surface area contributed by atoms with Crippen molar-refractivity contribution in [2.24, 2.45) is 0 Å². The number of rotatable bonds is 43. The van der Waals surface area contributed by atoms with Crippen molar-refractivity contribution < 1.29 is 25.2 Å². The third kappa shape index (κ3) is 36.4. The number of hydrogen-bond acceptors (Lipinski definition) is 5. The van der Waals surface area contributed by atoms with E-state index in [1.165, 1.54) is 173 Å². The molecule has 320 valence electrons. The highest BCUT2D eigenvalue weighted by molar-refractivity contribution is 5.80. The molecule has 0 radical (unpaired) electrons. The molecule has 54 heavy (non-hydrogen) atoms. The van der Waals surface area contributed by atoms with Crippen LogP contribution in [0.1, 0.15) is 245 Å². The normalized spacial score (nSPS) is 14.3. The summed E-state index contributed by atoms with van der Waals surface area (Å²) in [4.78, 5) is 12.5. The van der Waals surface area contributed by atoms with Crippen molar-refractivity contribution in [3.8, 4) is 0 Å². The van der Waals surface area contributed by atoms with Crippen LogP contribution < -0.4 is 5.32 Å². The maximum absolute atomic E-state index is 12.5. The summed E-state index contributed by atoms with van der Waals surface area (Å²) in [5.74, 6) is -0.597. The zero-order valence-corrected chi connectivity index (χ0v) is 36.0. The lowest BCUT2D eigenvalue weighted by molar-refractivity contribution is -0.132. The molecule has 0 rings (SSSR count). The molecule has 0 aliphatic rings. The van der Waals surface area contributed by atoms with Crippen LogP contribution in [0.3, 0.4) is 0 Å². The molecule has 0 fully saturated rings. The molecule has 4 atom stereocenters. The molecule has 6 heteroatoms. The minimum Gasteiger partial charge on any atom is -0.394 e. The number of hydrogen-bond donors (Lipinski definition) is 5. The minimum atomic E-state index is -1.29. The molecule has 0 aromatic heterocycles. The average Bonchev–Trinajstić information content (AvgIpc) is 3.18. The van der Waals surface area contributed by atoms with E-state index in [4.69, 9.17) is 0 Å². The van der Waals surface area contributed by atoms with Gasteiger partial charge in [-0.25, -0.2) is 0 Å². The largest absolute Gasteiger partial charge is 0.394 e. The minimum absolute atomic E-state index is 0.362. The standard InChI is InChI=1S/C48H93NO5/c1-3-5-7-9-11-13-15-16-17-18-19-20-21-22-23-24-25-26-27-28-29-30-32-33-35-37-39-41-45(51)47(53)44(43-50)49-48(54)46(52)42-40-38-36-34-31-14-12-10-8-6-4-2/h28-29,33,35,44-47,50-53H,3-27,30-32,34,36-43H2,1-2H3,(H,49,54)/b29-28+,35-33+. The highest BCUT2D eigenvalue weighted by Gasteiger charge is 2.28. The van der Waals surface area contributed by atoms with Crippen molar-refractivity contribution in [3.63, 3.8) is 0 Å². The van der Waals surface area contributed by atoms with Gasteiger partial charge in [0, 0.05) is 0 Å². The van der Waals surface area contributed by atoms with Gasteiger partial charge in [0.25, 0.3) is 0 Å². The summed E-state index contributed by atoms with van der Waals surface area (Å²) in [6.07, 6.45) is 49.5. The maximum atomic E-state index is 12.5. The van der Waals surface area contributed by atoms with E-state index >= 15 is 0 Å². The molecule has 0 saturated carbocycles. The van der Waals surface area contributed by atoms with Gasteiger partial charge in [-0.05, 0) is 51.4 Å². The Balaban J connectivity index is 3.69. The number of aliphatic hydroxyl groups excluding tert-OH is 4. The van der Waals surface area contributed by atoms with Crippen LogP contribution in [0.25, 0.3) is 0 Å². The lowest BCUT2D eigenvalue weighted by atomic mass is 10.00. The van der Waals surface area contributed by atoms with Gasteiger partial charge in [-0.3, -0.25) is 4.79 Å². The van der Waals surface area contributed by atoms with Gasteiger partial charge < -0.3 is 25.7 Å². The summed E-state index contributed by atoms with van der Waals surface area (Å²) in [6, 6.07) is -1.00. The molecule has 0 bridgehead atoms. The Bertz CT molecular complexity index is 817. The Hall–Kier alpha value is -1.21. The highest BCUT2D eigenvalue weighted by Crippen LogP contribution is 2.16. The summed E-state index contributed by atoms with van der Waals surface area (Å²) in [6.45, 7) is 4.03. The predicted molar refractivity (Wildman–Crippen MR) is 233 cm³/mol. The molecule has 0 saturated heterocycles. The van der Waals surface area contributed by atoms with E-state index in [0.717, 1.165) is 38.5 Å². The van der Waals surface area contributed by atoms with E-state index in [0.29, 0.717) is 19.3 Å². The van der Waals surface area contributed by atoms with Gasteiger partial charge >= 0.3 is 0 Å². The van der Waals surface area contributed by atoms with Crippen LogP contribution in [0.2, 0.25) is 0 Å². The number of carbonyl (C=O) groups excluding carboxylic acids is 1. The van der Waals surface area contributed by atoms with Crippen molar-refractivity contribution >= 4 is 5.91 Å². The monoisotopic (exact) mass is 764 g/mol. The fourth-order valence-electron chi connectivity index (χ4n) is 7.36. The van der Waals surface area contributed by atoms with E-state index in [1.807, 2.05) is 0 Å². The third-order valence-electron chi connectivity index (χ3n) is 11.1. The highest BCUT2D eigenvalue weighted by atomic mass is 16.3. The lowest BCUT2D eigenvalue weighted by Gasteiger charge is -2.27. The summed E-state index contributed by atoms with van der Waals surface area (Å²) < 4.78 is 0. The van der Waals surface area contributed by atoms with Crippen LogP contribution in [0.15, 0.2) is 24.3 Å². The Morgan fingerprint density at radius 2 is 0.778 bits per heavy atom. The van der Waals surface area contributed by atoms with Gasteiger partial charge in [0.15, 0.2) is 0 Å². The fraction of sp³-hybridized carbons (Fsp3) is 0.896. The third-order valence-corrected chi connectivity index (χ3v) is 11.1. The maximum Gasteiger partial charge on any atom is 0.249 e. The number of unbranched alkanes of at least 4 members (excludes halogenated alkanes) is 30. The van der Waals surface area contributed by atoms with Gasteiger partial charge in [-0.1, -0.05) is 218 Å². The van der Waals surface area contributed by atoms with E-state index < -0.39 is 36.9 Å². The second-order valence-corrected chi connectivity index (χ2v) is 16.4. The molecule has 0 aromatic carbocycles. The summed E-state index contributed by atoms with van der Waals surface area (Å²) >= 11 is 0. The van der Waals surface area contributed by atoms with Gasteiger partial charge in [0.1, 0.15) is 12.2 Å². The van der Waals surface area contributed by atoms with Crippen molar-refractivity contribution in [1.29, 1.82) is 0 Å². The van der Waals surface area contributed by atoms with Gasteiger partial charge in [-0.2, -0.15) is 0 Å². The first-order valence-corrected chi connectivity index (χ1v) is 23.7. The van der Waals surface area contributed by atoms with Crippen molar-refractivity contribution in [1.82, 2.24) is 5.32 Å². The van der Waals surface area contributed by atoms with Crippen molar-refractivity contribution in [2.45, 2.75) is 269 Å². The molecule has 0 aromatic rings. The molecule has 0 aliphatic carbocycles. The summed E-state index contributed by atoms with van der Waals surface area (Å²) in [7, 11) is 0. The molecule has 0 heterocycles. The lowest BCUT2D eigenvalue weighted by Crippen LogP contribution is -2.53. The van der Waals surface area contributed by atoms with Gasteiger partial charge in [0.2, 0.25) is 5.91 Å². The Morgan fingerprint density at radius 3 is 1.17 bits per heavy atom. The topological polar surface area (TPSA) is 110 Å². The smallest absolute Gasteiger partial charge is 0.249 e. The van der Waals surface area contributed by atoms with Crippen LogP contribution in [0, 0.1) is 0 Å². The first-order chi connectivity index (χ1) is 26.5. The van der Waals surface area contributed by atoms with E-state index in [1.54, 1.807) is 0 Å². The predicted octanol–water partition coefficient (Wildman–Crippen LogP) is 12.7. The van der Waals surface area contributed by atoms with Crippen LogP contribution in [0.5, 0.6) is 0 Å². The number of aliphatic hydroxyl groups is 4. The fourth-order valence-corrected chi connectivity index (χ4v) is 7.36. The van der Waals surface area contributed by atoms with Crippen LogP contribution in [0.4, 0.5) is 0 Å². The zero-order valence-electron chi connectivity index (χ0n) is 36.0. The second-order valence-electron chi connectivity index (χ2n) is 16.4. The quantitative estimate of drug-likeness (QED) is 0.0314. The van der Waals surface area contributed by atoms with Crippen LogP contribution in [-0.4, -0.2) is 57.3 Å². The van der Waals surface area contributed by atoms with Crippen LogP contribution >= 0.6 is 0 Å². The second kappa shape index (κ2) is 42.9. The van der Waals surface area contributed by atoms with E-state index in [9.17, 15) is 25.2 Å². The average molecular weight is 764 g/mol. The van der Waals surface area contributed by atoms with Crippen molar-refractivity contribution in [3.05, 3.63) is 24.3 Å². The van der Waals surface area contributed by atoms with E-state index in [-0.39, 0.29) is 0 Å². The Labute approximate surface area is 335 Å². The van der Waals surface area contributed by atoms with Gasteiger partial charge in [-0.15, -0.1) is 0 Å². The Kier molecular flexibility index (Phi) is 42.0. The number of allylic oxidation sites excluding steroid dienone is 4. The van der Waals surface area contributed by atoms with Gasteiger partial charge in [0.05, 0.1) is 18.8 Å². The molecular formula is C48H93NO5. The van der Waals surface area contributed by atoms with Crippen molar-refractivity contribution in [2.75, 3.05) is 6.61 Å². The SMILES string of the molecule is CCCCCCCCCCCCCCCCCCCC/C=C/CC/C=C/CCCC(O)C(O)C(CO)NC(=O)C(O)CCCCCCCCCCCCC. The molecule has 4 unspecified atom stereocenters.